The molecular weight excluding hydrogens is 344 g/mol. The zero-order chi connectivity index (χ0) is 18.7. The van der Waals surface area contributed by atoms with E-state index in [0.717, 1.165) is 51.2 Å². The van der Waals surface area contributed by atoms with Crippen LogP contribution >= 0.6 is 11.6 Å². The maximum absolute atomic E-state index is 12.0. The van der Waals surface area contributed by atoms with E-state index < -0.39 is 0 Å². The fourth-order valence-corrected chi connectivity index (χ4v) is 3.11. The molecule has 1 aromatic heterocycles. The van der Waals surface area contributed by atoms with Crippen molar-refractivity contribution in [3.63, 3.8) is 0 Å². The molecule has 0 saturated heterocycles. The molecule has 0 bridgehead atoms. The molecule has 0 spiro atoms. The number of H-pyrrole nitrogens is 1. The van der Waals surface area contributed by atoms with Crippen LogP contribution in [0.15, 0.2) is 59.4 Å². The molecule has 4 heteroatoms. The van der Waals surface area contributed by atoms with Gasteiger partial charge in [0, 0.05) is 22.6 Å². The lowest BCUT2D eigenvalue weighted by atomic mass is 9.95. The highest BCUT2D eigenvalue weighted by molar-refractivity contribution is 6.30. The molecular formula is C22H23ClN2O. The number of benzene rings is 2. The third kappa shape index (κ3) is 4.06. The molecule has 0 aliphatic heterocycles. The third-order valence-electron chi connectivity index (χ3n) is 4.43. The van der Waals surface area contributed by atoms with E-state index in [0.29, 0.717) is 0 Å². The summed E-state index contributed by atoms with van der Waals surface area (Å²) in [4.78, 5) is 17.1. The second-order valence-electron chi connectivity index (χ2n) is 6.67. The highest BCUT2D eigenvalue weighted by atomic mass is 35.5. The van der Waals surface area contributed by atoms with Gasteiger partial charge in [-0.15, -0.1) is 0 Å². The van der Waals surface area contributed by atoms with Crippen LogP contribution in [0, 0.1) is 0 Å². The summed E-state index contributed by atoms with van der Waals surface area (Å²) in [6, 6.07) is 16.1. The number of aryl methyl sites for hydroxylation is 1. The summed E-state index contributed by atoms with van der Waals surface area (Å²) >= 11 is 6.05. The van der Waals surface area contributed by atoms with Gasteiger partial charge < -0.3 is 9.88 Å². The van der Waals surface area contributed by atoms with Gasteiger partial charge in [0.05, 0.1) is 0 Å². The molecule has 1 heterocycles. The number of fused-ring (bicyclic) bond motifs is 1. The van der Waals surface area contributed by atoms with Crippen molar-refractivity contribution >= 4 is 28.1 Å². The fraction of sp³-hybridized carbons (Fsp3) is 0.227. The lowest BCUT2D eigenvalue weighted by Gasteiger charge is -2.13. The Morgan fingerprint density at radius 3 is 2.42 bits per heavy atom. The van der Waals surface area contributed by atoms with Crippen molar-refractivity contribution in [1.82, 2.24) is 9.88 Å². The van der Waals surface area contributed by atoms with Gasteiger partial charge in [-0.05, 0) is 72.9 Å². The number of aromatic amines is 1. The second kappa shape index (κ2) is 7.90. The van der Waals surface area contributed by atoms with Gasteiger partial charge >= 0.3 is 0 Å². The average molecular weight is 367 g/mol. The summed E-state index contributed by atoms with van der Waals surface area (Å²) in [5, 5.41) is 1.77. The van der Waals surface area contributed by atoms with Crippen molar-refractivity contribution in [3.8, 4) is 0 Å². The van der Waals surface area contributed by atoms with Crippen LogP contribution in [-0.4, -0.2) is 30.5 Å². The van der Waals surface area contributed by atoms with Crippen molar-refractivity contribution in [3.05, 3.63) is 86.7 Å². The quantitative estimate of drug-likeness (QED) is 0.708. The molecule has 3 nitrogen and oxygen atoms in total. The summed E-state index contributed by atoms with van der Waals surface area (Å²) in [6.45, 7) is 2.83. The van der Waals surface area contributed by atoms with E-state index in [1.54, 1.807) is 0 Å². The van der Waals surface area contributed by atoms with Crippen molar-refractivity contribution < 1.29 is 0 Å². The van der Waals surface area contributed by atoms with Gasteiger partial charge in [0.1, 0.15) is 0 Å². The van der Waals surface area contributed by atoms with Gasteiger partial charge in [-0.2, -0.15) is 0 Å². The molecule has 3 aromatic rings. The topological polar surface area (TPSA) is 36.1 Å². The van der Waals surface area contributed by atoms with Crippen molar-refractivity contribution in [2.45, 2.75) is 13.3 Å². The van der Waals surface area contributed by atoms with Gasteiger partial charge in [0.25, 0.3) is 5.56 Å². The first-order chi connectivity index (χ1) is 12.5. The zero-order valence-electron chi connectivity index (χ0n) is 15.3. The molecule has 0 saturated carbocycles. The summed E-state index contributed by atoms with van der Waals surface area (Å²) in [6.07, 6.45) is 2.94. The number of halogens is 1. The molecule has 0 amide bonds. The molecule has 0 fully saturated rings. The maximum Gasteiger partial charge on any atom is 0.251 e. The highest BCUT2D eigenvalue weighted by Crippen LogP contribution is 2.27. The Kier molecular flexibility index (Phi) is 5.60. The average Bonchev–Trinajstić information content (AvgIpc) is 2.62. The number of pyridine rings is 1. The van der Waals surface area contributed by atoms with Gasteiger partial charge in [0.2, 0.25) is 0 Å². The third-order valence-corrected chi connectivity index (χ3v) is 4.68. The molecule has 0 radical (unpaired) electrons. The van der Waals surface area contributed by atoms with Crippen LogP contribution < -0.4 is 5.56 Å². The van der Waals surface area contributed by atoms with Crippen molar-refractivity contribution in [1.29, 1.82) is 0 Å². The predicted molar refractivity (Wildman–Crippen MR) is 111 cm³/mol. The van der Waals surface area contributed by atoms with E-state index in [9.17, 15) is 4.79 Å². The van der Waals surface area contributed by atoms with Crippen LogP contribution in [0.2, 0.25) is 5.02 Å². The van der Waals surface area contributed by atoms with E-state index >= 15 is 0 Å². The maximum atomic E-state index is 12.0. The number of nitrogens with zero attached hydrogens (tertiary/aromatic N) is 1. The molecule has 3 rings (SSSR count). The summed E-state index contributed by atoms with van der Waals surface area (Å²) in [5.74, 6) is 0. The fourth-order valence-electron chi connectivity index (χ4n) is 2.99. The molecule has 0 aliphatic carbocycles. The predicted octanol–water partition coefficient (Wildman–Crippen LogP) is 4.74. The Morgan fingerprint density at radius 1 is 1.08 bits per heavy atom. The van der Waals surface area contributed by atoms with E-state index in [1.165, 1.54) is 0 Å². The Bertz CT molecular complexity index is 1000. The van der Waals surface area contributed by atoms with Gasteiger partial charge in [0.15, 0.2) is 0 Å². The van der Waals surface area contributed by atoms with E-state index in [2.05, 4.69) is 42.2 Å². The smallest absolute Gasteiger partial charge is 0.251 e. The molecule has 26 heavy (non-hydrogen) atoms. The second-order valence-corrected chi connectivity index (χ2v) is 7.10. The normalized spacial score (nSPS) is 12.1. The van der Waals surface area contributed by atoms with Crippen LogP contribution in [-0.2, 0) is 6.42 Å². The number of aromatic nitrogens is 1. The Hall–Kier alpha value is -2.36. The molecule has 2 aromatic carbocycles. The molecule has 0 atom stereocenters. The van der Waals surface area contributed by atoms with Gasteiger partial charge in [-0.3, -0.25) is 4.79 Å². The van der Waals surface area contributed by atoms with Crippen molar-refractivity contribution in [2.75, 3.05) is 20.6 Å². The van der Waals surface area contributed by atoms with E-state index in [1.807, 2.05) is 43.3 Å². The molecule has 0 aliphatic rings. The zero-order valence-corrected chi connectivity index (χ0v) is 16.1. The van der Waals surface area contributed by atoms with Crippen LogP contribution in [0.5, 0.6) is 0 Å². The molecule has 134 valence electrons. The number of hydrogen-bond donors (Lipinski definition) is 1. The first-order valence-corrected chi connectivity index (χ1v) is 9.13. The lowest BCUT2D eigenvalue weighted by Crippen LogP contribution is -2.12. The molecule has 1 N–H and O–H groups in total. The monoisotopic (exact) mass is 366 g/mol. The number of rotatable bonds is 5. The Labute approximate surface area is 158 Å². The standard InChI is InChI=1S/C22H23ClN2O/c1-4-15-13-18-14-17(7-10-21(18)24-22(15)26)20(11-12-25(2)3)16-5-8-19(23)9-6-16/h5-11,13-14H,4,12H2,1-3H3,(H,24,26)/b20-11-. The minimum atomic E-state index is -0.00572. The number of likely N-dealkylation sites (N-methyl/N-ethyl adjacent to an activating group) is 1. The first-order valence-electron chi connectivity index (χ1n) is 8.75. The van der Waals surface area contributed by atoms with Crippen LogP contribution in [0.3, 0.4) is 0 Å². The summed E-state index contributed by atoms with van der Waals surface area (Å²) in [7, 11) is 4.10. The minimum absolute atomic E-state index is 0.00572. The SMILES string of the molecule is CCc1cc2cc(/C(=C\CN(C)C)c3ccc(Cl)cc3)ccc2[nH]c1=O. The van der Waals surface area contributed by atoms with Gasteiger partial charge in [-0.25, -0.2) is 0 Å². The van der Waals surface area contributed by atoms with Crippen molar-refractivity contribution in [2.24, 2.45) is 0 Å². The lowest BCUT2D eigenvalue weighted by molar-refractivity contribution is 0.457. The largest absolute Gasteiger partial charge is 0.322 e. The minimum Gasteiger partial charge on any atom is -0.322 e. The van der Waals surface area contributed by atoms with E-state index in [4.69, 9.17) is 11.6 Å². The van der Waals surface area contributed by atoms with Crippen LogP contribution in [0.4, 0.5) is 0 Å². The summed E-state index contributed by atoms with van der Waals surface area (Å²) in [5.41, 5.74) is 5.06. The first kappa shape index (κ1) is 18.4. The van der Waals surface area contributed by atoms with Crippen LogP contribution in [0.25, 0.3) is 16.5 Å². The van der Waals surface area contributed by atoms with Gasteiger partial charge in [-0.1, -0.05) is 42.8 Å². The number of nitrogens with one attached hydrogen (secondary N) is 1. The number of hydrogen-bond acceptors (Lipinski definition) is 2. The molecule has 0 unspecified atom stereocenters. The Balaban J connectivity index is 2.13. The Morgan fingerprint density at radius 2 is 1.77 bits per heavy atom. The van der Waals surface area contributed by atoms with Crippen LogP contribution in [0.1, 0.15) is 23.6 Å². The summed E-state index contributed by atoms with van der Waals surface area (Å²) < 4.78 is 0. The van der Waals surface area contributed by atoms with E-state index in [-0.39, 0.29) is 5.56 Å². The highest BCUT2D eigenvalue weighted by Gasteiger charge is 2.08.